The molecular weight excluding hydrogens is 260 g/mol. The predicted octanol–water partition coefficient (Wildman–Crippen LogP) is 1.52. The molecule has 0 aliphatic carbocycles. The van der Waals surface area contributed by atoms with Gasteiger partial charge in [0.1, 0.15) is 5.92 Å². The zero-order valence-electron chi connectivity index (χ0n) is 12.8. The van der Waals surface area contributed by atoms with Gasteiger partial charge < -0.3 is 9.47 Å². The molecule has 0 spiro atoms. The lowest BCUT2D eigenvalue weighted by Crippen LogP contribution is -2.25. The Morgan fingerprint density at radius 3 is 2.83 bits per heavy atom. The van der Waals surface area contributed by atoms with Gasteiger partial charge in [-0.25, -0.2) is 0 Å². The minimum atomic E-state index is -2.88. The molecule has 7 heteroatoms. The number of carbonyl (C=O) groups excluding carboxylic acids is 2. The van der Waals surface area contributed by atoms with Gasteiger partial charge in [0.25, 0.3) is 0 Å². The molecule has 0 fully saturated rings. The Hall–Kier alpha value is -1.69. The first kappa shape index (κ1) is 10.3. The lowest BCUT2D eigenvalue weighted by molar-refractivity contribution is -0.145. The molecular formula is C11H13ClN2O4. The van der Waals surface area contributed by atoms with Gasteiger partial charge in [-0.15, -0.1) is 10.2 Å². The Bertz CT molecular complexity index is 551. The second-order valence-electron chi connectivity index (χ2n) is 3.13. The van der Waals surface area contributed by atoms with Gasteiger partial charge >= 0.3 is 5.97 Å². The van der Waals surface area contributed by atoms with Crippen molar-refractivity contribution < 1.29 is 23.2 Å². The molecule has 1 aromatic heterocycles. The molecule has 18 heavy (non-hydrogen) atoms. The molecule has 1 unspecified atom stereocenters. The first-order valence-corrected chi connectivity index (χ1v) is 5.38. The van der Waals surface area contributed by atoms with E-state index in [2.05, 4.69) is 14.9 Å². The third-order valence-electron chi connectivity index (χ3n) is 1.97. The summed E-state index contributed by atoms with van der Waals surface area (Å²) in [5.41, 5.74) is -0.393. The molecule has 6 nitrogen and oxygen atoms in total. The maximum atomic E-state index is 12.3. The van der Waals surface area contributed by atoms with Crippen LogP contribution in [0.25, 0.3) is 0 Å². The number of ketones is 1. The van der Waals surface area contributed by atoms with Gasteiger partial charge in [-0.05, 0) is 13.8 Å². The molecule has 0 aliphatic rings. The van der Waals surface area contributed by atoms with Crippen molar-refractivity contribution in [2.45, 2.75) is 13.8 Å². The first-order chi connectivity index (χ1) is 9.72. The molecule has 1 atom stereocenters. The van der Waals surface area contributed by atoms with Crippen molar-refractivity contribution in [1.82, 2.24) is 10.2 Å². The summed E-state index contributed by atoms with van der Waals surface area (Å²) in [5, 5.41) is 6.93. The molecule has 1 aromatic rings. The van der Waals surface area contributed by atoms with Crippen LogP contribution in [0.3, 0.4) is 0 Å². The zero-order valence-corrected chi connectivity index (χ0v) is 10.5. The number of ether oxygens (including phenoxy) is 2. The van der Waals surface area contributed by atoms with Crippen LogP contribution in [0.15, 0.2) is 6.07 Å². The largest absolute Gasteiger partial charge is 0.494 e. The Balaban J connectivity index is 3.26. The van der Waals surface area contributed by atoms with E-state index < -0.39 is 30.2 Å². The molecule has 0 radical (unpaired) electrons. The Kier molecular flexibility index (Phi) is 3.59. The van der Waals surface area contributed by atoms with E-state index in [1.807, 2.05) is 0 Å². The summed E-state index contributed by atoms with van der Waals surface area (Å²) in [6.07, 6.45) is 0. The molecule has 0 saturated carbocycles. The molecule has 0 amide bonds. The summed E-state index contributed by atoms with van der Waals surface area (Å²) >= 11 is 5.61. The van der Waals surface area contributed by atoms with E-state index in [1.165, 1.54) is 20.1 Å². The second kappa shape index (κ2) is 6.30. The lowest BCUT2D eigenvalue weighted by Gasteiger charge is -2.10. The third-order valence-corrected chi connectivity index (χ3v) is 2.15. The zero-order chi connectivity index (χ0) is 16.2. The summed E-state index contributed by atoms with van der Waals surface area (Å²) < 4.78 is 31.6. The van der Waals surface area contributed by atoms with Gasteiger partial charge in [0.2, 0.25) is 5.78 Å². The second-order valence-corrected chi connectivity index (χ2v) is 3.52. The van der Waals surface area contributed by atoms with Crippen LogP contribution in [0.2, 0.25) is 5.15 Å². The number of aromatic nitrogens is 2. The number of Topliss-reactive ketones (excluding diaryl/α,β-unsaturated/α-hetero) is 1. The highest BCUT2D eigenvalue weighted by atomic mass is 35.5. The van der Waals surface area contributed by atoms with Crippen LogP contribution in [0, 0.1) is 5.92 Å². The highest BCUT2D eigenvalue weighted by molar-refractivity contribution is 6.29. The molecule has 1 heterocycles. The van der Waals surface area contributed by atoms with Crippen LogP contribution in [-0.2, 0) is 9.53 Å². The smallest absolute Gasteiger partial charge is 0.316 e. The number of nitrogens with zero attached hydrogens (tertiary/aromatic N) is 2. The van der Waals surface area contributed by atoms with Crippen LogP contribution in [0.4, 0.5) is 0 Å². The molecule has 0 N–H and O–H groups in total. The maximum absolute atomic E-state index is 12.3. The van der Waals surface area contributed by atoms with Crippen LogP contribution in [-0.4, -0.2) is 35.7 Å². The van der Waals surface area contributed by atoms with Gasteiger partial charge in [-0.2, -0.15) is 0 Å². The van der Waals surface area contributed by atoms with Crippen molar-refractivity contribution in [3.8, 4) is 5.75 Å². The van der Waals surface area contributed by atoms with E-state index in [9.17, 15) is 9.59 Å². The van der Waals surface area contributed by atoms with Crippen molar-refractivity contribution in [2.24, 2.45) is 5.92 Å². The fraction of sp³-hybridized carbons (Fsp3) is 0.455. The summed E-state index contributed by atoms with van der Waals surface area (Å²) in [5.74, 6) is -4.28. The molecule has 0 aromatic carbocycles. The number of carbonyl (C=O) groups is 2. The minimum Gasteiger partial charge on any atom is -0.494 e. The number of hydrogen-bond acceptors (Lipinski definition) is 6. The highest BCUT2D eigenvalue weighted by Crippen LogP contribution is 2.21. The van der Waals surface area contributed by atoms with Gasteiger partial charge in [-0.1, -0.05) is 11.6 Å². The van der Waals surface area contributed by atoms with E-state index in [1.54, 1.807) is 0 Å². The normalized spacial score (nSPS) is 14.9. The van der Waals surface area contributed by atoms with Crippen LogP contribution < -0.4 is 4.74 Å². The van der Waals surface area contributed by atoms with Gasteiger partial charge in [0.15, 0.2) is 16.6 Å². The fourth-order valence-electron chi connectivity index (χ4n) is 1.15. The summed E-state index contributed by atoms with van der Waals surface area (Å²) in [7, 11) is 1.25. The molecule has 0 aliphatic heterocycles. The third kappa shape index (κ3) is 3.16. The SMILES string of the molecule is [2H]C([2H])([2H])C(C(=O)OCC)C(=O)c1nnc(Cl)cc1OC. The summed E-state index contributed by atoms with van der Waals surface area (Å²) in [6, 6.07) is 1.20. The van der Waals surface area contributed by atoms with E-state index in [0.717, 1.165) is 0 Å². The predicted molar refractivity (Wildman–Crippen MR) is 63.7 cm³/mol. The monoisotopic (exact) mass is 275 g/mol. The van der Waals surface area contributed by atoms with Gasteiger partial charge in [0, 0.05) is 10.2 Å². The molecule has 1 rings (SSSR count). The van der Waals surface area contributed by atoms with Gasteiger partial charge in [-0.3, -0.25) is 9.59 Å². The highest BCUT2D eigenvalue weighted by Gasteiger charge is 2.28. The number of halogens is 1. The summed E-state index contributed by atoms with van der Waals surface area (Å²) in [6.45, 7) is -1.43. The maximum Gasteiger partial charge on any atom is 0.316 e. The quantitative estimate of drug-likeness (QED) is 0.460. The Morgan fingerprint density at radius 1 is 1.56 bits per heavy atom. The minimum absolute atomic E-state index is 0.0371. The topological polar surface area (TPSA) is 78.4 Å². The Morgan fingerprint density at radius 2 is 2.28 bits per heavy atom. The number of methoxy groups -OCH3 is 1. The number of esters is 1. The molecule has 0 saturated heterocycles. The fourth-order valence-corrected chi connectivity index (χ4v) is 1.28. The van der Waals surface area contributed by atoms with Crippen LogP contribution >= 0.6 is 11.6 Å². The van der Waals surface area contributed by atoms with Crippen molar-refractivity contribution in [3.63, 3.8) is 0 Å². The first-order valence-electron chi connectivity index (χ1n) is 6.50. The van der Waals surface area contributed by atoms with E-state index >= 15 is 0 Å². The van der Waals surface area contributed by atoms with E-state index in [4.69, 9.17) is 20.5 Å². The molecule has 0 bridgehead atoms. The standard InChI is InChI=1S/C11H13ClN2O4/c1-4-18-11(16)6(2)10(15)9-7(17-3)5-8(12)13-14-9/h5-6H,4H2,1-3H3/i2D3. The Labute approximate surface area is 113 Å². The van der Waals surface area contributed by atoms with Crippen LogP contribution in [0.1, 0.15) is 28.4 Å². The summed E-state index contributed by atoms with van der Waals surface area (Å²) in [4.78, 5) is 24.1. The van der Waals surface area contributed by atoms with Crippen molar-refractivity contribution in [2.75, 3.05) is 13.7 Å². The van der Waals surface area contributed by atoms with Gasteiger partial charge in [0.05, 0.1) is 13.7 Å². The van der Waals surface area contributed by atoms with Crippen molar-refractivity contribution >= 4 is 23.4 Å². The van der Waals surface area contributed by atoms with Crippen molar-refractivity contribution in [1.29, 1.82) is 0 Å². The average molecular weight is 276 g/mol. The number of hydrogen-bond donors (Lipinski definition) is 0. The van der Waals surface area contributed by atoms with Crippen molar-refractivity contribution in [3.05, 3.63) is 16.9 Å². The molecule has 98 valence electrons. The lowest BCUT2D eigenvalue weighted by atomic mass is 10.0. The van der Waals surface area contributed by atoms with Crippen LogP contribution in [0.5, 0.6) is 5.75 Å². The average Bonchev–Trinajstić information content (AvgIpc) is 2.37. The van der Waals surface area contributed by atoms with E-state index in [-0.39, 0.29) is 17.5 Å². The van der Waals surface area contributed by atoms with E-state index in [0.29, 0.717) is 0 Å². The number of rotatable bonds is 5.